The van der Waals surface area contributed by atoms with Crippen molar-refractivity contribution >= 4 is 10.4 Å². The van der Waals surface area contributed by atoms with Crippen LogP contribution in [-0.4, -0.2) is 15.9 Å². The number of hydrogen-bond acceptors (Lipinski definition) is 1. The second kappa shape index (κ2) is 2.64. The van der Waals surface area contributed by atoms with E-state index in [1.54, 1.807) is 0 Å². The minimum Gasteiger partial charge on any atom is -0.340 e. The maximum absolute atomic E-state index is 3.38. The first-order valence-corrected chi connectivity index (χ1v) is 4.19. The van der Waals surface area contributed by atoms with E-state index in [1.165, 1.54) is 0 Å². The predicted octanol–water partition coefficient (Wildman–Crippen LogP) is 0.291. The van der Waals surface area contributed by atoms with E-state index in [0.717, 1.165) is 16.3 Å². The van der Waals surface area contributed by atoms with Gasteiger partial charge in [0, 0.05) is 5.54 Å². The molecule has 1 nitrogen and oxygen atoms in total. The molecule has 0 aromatic carbocycles. The van der Waals surface area contributed by atoms with Crippen LogP contribution in [0.4, 0.5) is 0 Å². The minimum absolute atomic E-state index is 0.353. The van der Waals surface area contributed by atoms with Gasteiger partial charge in [-0.05, 0) is 19.8 Å². The summed E-state index contributed by atoms with van der Waals surface area (Å²) in [4.78, 5) is 3.38. The predicted molar refractivity (Wildman–Crippen MR) is 42.0 cm³/mol. The summed E-state index contributed by atoms with van der Waals surface area (Å²) in [6.07, 6.45) is 0. The Morgan fingerprint density at radius 2 is 1.75 bits per heavy atom. The van der Waals surface area contributed by atoms with Gasteiger partial charge in [-0.1, -0.05) is 13.8 Å². The van der Waals surface area contributed by atoms with Crippen LogP contribution in [0.2, 0.25) is 0 Å². The van der Waals surface area contributed by atoms with Gasteiger partial charge in [0.2, 0.25) is 0 Å². The molecular weight excluding hydrogens is 114 g/mol. The molecule has 0 aliphatic heterocycles. The molecule has 2 heteroatoms. The van der Waals surface area contributed by atoms with Gasteiger partial charge < -0.3 is 4.98 Å². The van der Waals surface area contributed by atoms with Gasteiger partial charge >= 0.3 is 0 Å². The molecule has 0 radical (unpaired) electrons. The second-order valence-corrected chi connectivity index (χ2v) is 3.63. The van der Waals surface area contributed by atoms with Crippen molar-refractivity contribution in [1.29, 1.82) is 0 Å². The van der Waals surface area contributed by atoms with Crippen LogP contribution in [0.5, 0.6) is 0 Å². The van der Waals surface area contributed by atoms with Crippen LogP contribution < -0.4 is 4.98 Å². The first kappa shape index (κ1) is 8.18. The lowest BCUT2D eigenvalue weighted by Gasteiger charge is -2.28. The van der Waals surface area contributed by atoms with Gasteiger partial charge in [-0.25, -0.2) is 0 Å². The zero-order valence-corrected chi connectivity index (χ0v) is 8.58. The Morgan fingerprint density at radius 1 is 1.38 bits per heavy atom. The highest BCUT2D eigenvalue weighted by molar-refractivity contribution is 6.04. The Labute approximate surface area is 55.4 Å². The zero-order chi connectivity index (χ0) is 6.78. The van der Waals surface area contributed by atoms with Crippen molar-refractivity contribution in [3.63, 3.8) is 0 Å². The Morgan fingerprint density at radius 3 is 1.75 bits per heavy atom. The van der Waals surface area contributed by atoms with Crippen LogP contribution in [0.25, 0.3) is 0 Å². The van der Waals surface area contributed by atoms with Crippen molar-refractivity contribution in [1.82, 2.24) is 4.98 Å². The zero-order valence-electron chi connectivity index (χ0n) is 6.58. The average molecular weight is 131 g/mol. The molecule has 0 amide bonds. The number of nitrogens with one attached hydrogen (secondary N) is 1. The molecule has 8 heavy (non-hydrogen) atoms. The van der Waals surface area contributed by atoms with E-state index in [0.29, 0.717) is 5.54 Å². The summed E-state index contributed by atoms with van der Waals surface area (Å²) in [5.74, 6) is 0.736. The van der Waals surface area contributed by atoms with Crippen LogP contribution in [0, 0.1) is 5.92 Å². The monoisotopic (exact) mass is 131 g/mol. The van der Waals surface area contributed by atoms with Gasteiger partial charge in [0.25, 0.3) is 0 Å². The van der Waals surface area contributed by atoms with E-state index in [4.69, 9.17) is 0 Å². The number of rotatable bonds is 2. The summed E-state index contributed by atoms with van der Waals surface area (Å²) in [5.41, 5.74) is 0.353. The Hall–Kier alpha value is 0.177. The van der Waals surface area contributed by atoms with Gasteiger partial charge in [0.1, 0.15) is 0 Å². The molecule has 0 aromatic rings. The SMILES string of the molecule is CC(C)C(C)(C)N[SiH3]. The van der Waals surface area contributed by atoms with E-state index in [1.807, 2.05) is 0 Å². The number of hydrogen-bond donors (Lipinski definition) is 1. The van der Waals surface area contributed by atoms with Crippen molar-refractivity contribution < 1.29 is 0 Å². The van der Waals surface area contributed by atoms with Gasteiger partial charge in [0.15, 0.2) is 0 Å². The van der Waals surface area contributed by atoms with Crippen LogP contribution in [0.1, 0.15) is 27.7 Å². The molecule has 50 valence electrons. The summed E-state index contributed by atoms with van der Waals surface area (Å²) in [5, 5.41) is 0. The van der Waals surface area contributed by atoms with Crippen molar-refractivity contribution in [2.45, 2.75) is 33.2 Å². The average Bonchev–Trinajstić information content (AvgIpc) is 1.67. The molecule has 0 aromatic heterocycles. The molecule has 0 bridgehead atoms. The van der Waals surface area contributed by atoms with E-state index in [-0.39, 0.29) is 0 Å². The third-order valence-corrected chi connectivity index (χ3v) is 3.38. The Kier molecular flexibility index (Phi) is 2.70. The fraction of sp³-hybridized carbons (Fsp3) is 1.00. The molecule has 0 saturated carbocycles. The van der Waals surface area contributed by atoms with Crippen molar-refractivity contribution in [2.24, 2.45) is 5.92 Å². The smallest absolute Gasteiger partial charge is 0.0755 e. The third kappa shape index (κ3) is 1.97. The van der Waals surface area contributed by atoms with Crippen LogP contribution in [-0.2, 0) is 0 Å². The molecule has 0 unspecified atom stereocenters. The fourth-order valence-corrected chi connectivity index (χ4v) is 0.866. The quantitative estimate of drug-likeness (QED) is 0.531. The largest absolute Gasteiger partial charge is 0.340 e. The highest BCUT2D eigenvalue weighted by Gasteiger charge is 2.17. The van der Waals surface area contributed by atoms with Crippen LogP contribution >= 0.6 is 0 Å². The lowest BCUT2D eigenvalue weighted by molar-refractivity contribution is 0.343. The minimum atomic E-state index is 0.353. The standard InChI is InChI=1S/C6H17NSi/c1-5(2)6(3,4)7-8/h5,7H,1-4,8H3. The maximum Gasteiger partial charge on any atom is 0.0755 e. The highest BCUT2D eigenvalue weighted by Crippen LogP contribution is 2.12. The first-order chi connectivity index (χ1) is 3.50. The van der Waals surface area contributed by atoms with E-state index >= 15 is 0 Å². The molecule has 0 spiro atoms. The first-order valence-electron chi connectivity index (χ1n) is 3.19. The second-order valence-electron chi connectivity index (χ2n) is 3.13. The molecule has 0 rings (SSSR count). The fourth-order valence-electron chi connectivity index (χ4n) is 0.289. The van der Waals surface area contributed by atoms with Gasteiger partial charge in [-0.2, -0.15) is 0 Å². The lowest BCUT2D eigenvalue weighted by atomic mass is 9.92. The highest BCUT2D eigenvalue weighted by atomic mass is 28.2. The topological polar surface area (TPSA) is 12.0 Å². The van der Waals surface area contributed by atoms with Crippen LogP contribution in [0.3, 0.4) is 0 Å². The molecule has 1 N–H and O–H groups in total. The van der Waals surface area contributed by atoms with Gasteiger partial charge in [-0.15, -0.1) is 0 Å². The summed E-state index contributed by atoms with van der Waals surface area (Å²) < 4.78 is 0. The summed E-state index contributed by atoms with van der Waals surface area (Å²) in [7, 11) is 1.10. The van der Waals surface area contributed by atoms with E-state index < -0.39 is 0 Å². The maximum atomic E-state index is 3.38. The summed E-state index contributed by atoms with van der Waals surface area (Å²) in [6, 6.07) is 0. The Balaban J connectivity index is 3.71. The van der Waals surface area contributed by atoms with Crippen molar-refractivity contribution in [2.75, 3.05) is 0 Å². The molecule has 0 fully saturated rings. The Bertz CT molecular complexity index is 68.9. The molecule has 0 saturated heterocycles. The van der Waals surface area contributed by atoms with Gasteiger partial charge in [0.05, 0.1) is 10.4 Å². The molecule has 0 atom stereocenters. The molecule has 0 aliphatic carbocycles. The van der Waals surface area contributed by atoms with Crippen molar-refractivity contribution in [3.05, 3.63) is 0 Å². The molecule has 0 aliphatic rings. The molecule has 0 heterocycles. The van der Waals surface area contributed by atoms with E-state index in [9.17, 15) is 0 Å². The summed E-state index contributed by atoms with van der Waals surface area (Å²) in [6.45, 7) is 8.96. The van der Waals surface area contributed by atoms with Crippen LogP contribution in [0.15, 0.2) is 0 Å². The van der Waals surface area contributed by atoms with Crippen molar-refractivity contribution in [3.8, 4) is 0 Å². The molecular formula is C6H17NSi. The normalized spacial score (nSPS) is 13.1. The van der Waals surface area contributed by atoms with Gasteiger partial charge in [-0.3, -0.25) is 0 Å². The third-order valence-electron chi connectivity index (χ3n) is 2.09. The van der Waals surface area contributed by atoms with E-state index in [2.05, 4.69) is 32.7 Å². The summed E-state index contributed by atoms with van der Waals surface area (Å²) >= 11 is 0. The lowest BCUT2D eigenvalue weighted by Crippen LogP contribution is -2.42.